The van der Waals surface area contributed by atoms with Crippen LogP contribution in [0.3, 0.4) is 0 Å². The molecular formula is C20H23F2N3O. The van der Waals surface area contributed by atoms with Gasteiger partial charge in [0.25, 0.3) is 12.3 Å². The maximum atomic E-state index is 12.5. The second-order valence-electron chi connectivity index (χ2n) is 6.80. The number of benzene rings is 1. The Hall–Kier alpha value is -2.50. The van der Waals surface area contributed by atoms with Crippen molar-refractivity contribution in [3.05, 3.63) is 59.3 Å². The number of alkyl halides is 2. The Labute approximate surface area is 152 Å². The average molecular weight is 359 g/mol. The lowest BCUT2D eigenvalue weighted by Gasteiger charge is -2.30. The highest BCUT2D eigenvalue weighted by molar-refractivity contribution is 5.94. The summed E-state index contributed by atoms with van der Waals surface area (Å²) in [6.07, 6.45) is 1.22. The largest absolute Gasteiger partial charge is 0.366 e. The van der Waals surface area contributed by atoms with Gasteiger partial charge in [-0.15, -0.1) is 0 Å². The van der Waals surface area contributed by atoms with Gasteiger partial charge in [0.05, 0.1) is 5.56 Å². The Morgan fingerprint density at radius 2 is 1.88 bits per heavy atom. The molecule has 0 radical (unpaired) electrons. The highest BCUT2D eigenvalue weighted by Crippen LogP contribution is 2.20. The van der Waals surface area contributed by atoms with Gasteiger partial charge in [-0.05, 0) is 36.5 Å². The Balaban J connectivity index is 1.55. The zero-order valence-corrected chi connectivity index (χ0v) is 14.8. The zero-order valence-electron chi connectivity index (χ0n) is 14.8. The second kappa shape index (κ2) is 8.25. The molecule has 6 heteroatoms. The summed E-state index contributed by atoms with van der Waals surface area (Å²) in [4.78, 5) is 18.7. The smallest absolute Gasteiger partial charge is 0.263 e. The third-order valence-corrected chi connectivity index (χ3v) is 4.79. The van der Waals surface area contributed by atoms with Crippen molar-refractivity contribution in [2.45, 2.75) is 32.7 Å². The zero-order chi connectivity index (χ0) is 18.5. The van der Waals surface area contributed by atoms with Crippen LogP contribution >= 0.6 is 0 Å². The third kappa shape index (κ3) is 4.56. The maximum Gasteiger partial charge on any atom is 0.263 e. The summed E-state index contributed by atoms with van der Waals surface area (Å²) >= 11 is 0. The normalized spacial score (nSPS) is 15.3. The number of nitrogens with zero attached hydrogens (tertiary/aromatic N) is 2. The van der Waals surface area contributed by atoms with Crippen molar-refractivity contribution in [2.75, 3.05) is 18.4 Å². The van der Waals surface area contributed by atoms with Crippen LogP contribution in [0.5, 0.6) is 0 Å². The number of anilines is 1. The van der Waals surface area contributed by atoms with Crippen LogP contribution in [-0.4, -0.2) is 28.9 Å². The van der Waals surface area contributed by atoms with E-state index in [0.717, 1.165) is 31.5 Å². The van der Waals surface area contributed by atoms with Gasteiger partial charge < -0.3 is 10.2 Å². The molecule has 2 heterocycles. The fourth-order valence-electron chi connectivity index (χ4n) is 2.99. The molecule has 138 valence electrons. The summed E-state index contributed by atoms with van der Waals surface area (Å²) in [7, 11) is 0. The summed E-state index contributed by atoms with van der Waals surface area (Å²) in [5.41, 5.74) is 1.49. The summed E-state index contributed by atoms with van der Waals surface area (Å²) in [6, 6.07) is 9.74. The molecule has 0 atom stereocenters. The van der Waals surface area contributed by atoms with Gasteiger partial charge in [0.15, 0.2) is 0 Å². The highest BCUT2D eigenvalue weighted by atomic mass is 19.3. The second-order valence-corrected chi connectivity index (χ2v) is 6.80. The molecule has 0 saturated carbocycles. The first-order valence-electron chi connectivity index (χ1n) is 8.89. The summed E-state index contributed by atoms with van der Waals surface area (Å²) in [5.74, 6) is 1.35. The molecule has 26 heavy (non-hydrogen) atoms. The van der Waals surface area contributed by atoms with Crippen molar-refractivity contribution in [1.82, 2.24) is 9.88 Å². The van der Waals surface area contributed by atoms with Gasteiger partial charge in [0.1, 0.15) is 5.82 Å². The number of pyridine rings is 1. The van der Waals surface area contributed by atoms with Crippen LogP contribution in [0.4, 0.5) is 14.6 Å². The average Bonchev–Trinajstić information content (AvgIpc) is 2.67. The van der Waals surface area contributed by atoms with Crippen LogP contribution in [0.25, 0.3) is 0 Å². The van der Waals surface area contributed by atoms with Gasteiger partial charge in [-0.25, -0.2) is 13.8 Å². The molecule has 1 amide bonds. The van der Waals surface area contributed by atoms with Crippen LogP contribution in [0.2, 0.25) is 0 Å². The molecule has 0 spiro atoms. The molecule has 1 aromatic carbocycles. The number of likely N-dealkylation sites (tertiary alicyclic amines) is 1. The minimum absolute atomic E-state index is 0.0156. The topological polar surface area (TPSA) is 45.2 Å². The van der Waals surface area contributed by atoms with Crippen LogP contribution in [-0.2, 0) is 6.54 Å². The molecule has 0 aliphatic carbocycles. The number of hydrogen-bond acceptors (Lipinski definition) is 3. The number of piperidine rings is 1. The van der Waals surface area contributed by atoms with Crippen LogP contribution in [0.1, 0.15) is 47.7 Å². The number of aromatic nitrogens is 1. The monoisotopic (exact) mass is 359 g/mol. The summed E-state index contributed by atoms with van der Waals surface area (Å²) in [6.45, 7) is 4.29. The van der Waals surface area contributed by atoms with Crippen molar-refractivity contribution in [1.29, 1.82) is 0 Å². The van der Waals surface area contributed by atoms with Crippen molar-refractivity contribution in [3.8, 4) is 0 Å². The number of hydrogen-bond donors (Lipinski definition) is 1. The van der Waals surface area contributed by atoms with E-state index in [1.165, 1.54) is 12.1 Å². The van der Waals surface area contributed by atoms with Crippen molar-refractivity contribution in [2.24, 2.45) is 5.92 Å². The van der Waals surface area contributed by atoms with Gasteiger partial charge in [-0.3, -0.25) is 4.79 Å². The van der Waals surface area contributed by atoms with Crippen molar-refractivity contribution < 1.29 is 13.6 Å². The fourth-order valence-corrected chi connectivity index (χ4v) is 2.99. The van der Waals surface area contributed by atoms with E-state index in [1.807, 2.05) is 4.90 Å². The standard InChI is InChI=1S/C20H23F2N3O/c1-14-8-10-25(11-9-14)20(26)17-6-7-18(24-13-17)23-12-15-2-4-16(5-3-15)19(21)22/h2-7,13-14,19H,8-12H2,1H3,(H,23,24). The Morgan fingerprint density at radius 3 is 2.46 bits per heavy atom. The minimum atomic E-state index is -2.45. The lowest BCUT2D eigenvalue weighted by molar-refractivity contribution is 0.0697. The Kier molecular flexibility index (Phi) is 5.81. The van der Waals surface area contributed by atoms with Crippen molar-refractivity contribution >= 4 is 11.7 Å². The first-order chi connectivity index (χ1) is 12.5. The predicted molar refractivity (Wildman–Crippen MR) is 97.3 cm³/mol. The van der Waals surface area contributed by atoms with Crippen LogP contribution < -0.4 is 5.32 Å². The SMILES string of the molecule is CC1CCN(C(=O)c2ccc(NCc3ccc(C(F)F)cc3)nc2)CC1. The molecular weight excluding hydrogens is 336 g/mol. The third-order valence-electron chi connectivity index (χ3n) is 4.79. The molecule has 4 nitrogen and oxygen atoms in total. The molecule has 0 unspecified atom stereocenters. The summed E-state index contributed by atoms with van der Waals surface area (Å²) < 4.78 is 25.1. The Bertz CT molecular complexity index is 724. The van der Waals surface area contributed by atoms with Gasteiger partial charge >= 0.3 is 0 Å². The Morgan fingerprint density at radius 1 is 1.19 bits per heavy atom. The molecule has 0 bridgehead atoms. The molecule has 1 saturated heterocycles. The number of amides is 1. The van der Waals surface area contributed by atoms with Gasteiger partial charge in [0.2, 0.25) is 0 Å². The first kappa shape index (κ1) is 18.3. The number of halogens is 2. The molecule has 3 rings (SSSR count). The lowest BCUT2D eigenvalue weighted by atomic mass is 9.99. The lowest BCUT2D eigenvalue weighted by Crippen LogP contribution is -2.37. The molecule has 1 fully saturated rings. The molecule has 1 aliphatic heterocycles. The fraction of sp³-hybridized carbons (Fsp3) is 0.400. The van der Waals surface area contributed by atoms with E-state index < -0.39 is 6.43 Å². The number of carbonyl (C=O) groups is 1. The maximum absolute atomic E-state index is 12.5. The molecule has 2 aromatic rings. The number of carbonyl (C=O) groups excluding carboxylic acids is 1. The predicted octanol–water partition coefficient (Wildman–Crippen LogP) is 4.50. The van der Waals surface area contributed by atoms with E-state index in [2.05, 4.69) is 17.2 Å². The van der Waals surface area contributed by atoms with Gasteiger partial charge in [-0.2, -0.15) is 0 Å². The molecule has 1 N–H and O–H groups in total. The van der Waals surface area contributed by atoms with Crippen molar-refractivity contribution in [3.63, 3.8) is 0 Å². The van der Waals surface area contributed by atoms with E-state index in [9.17, 15) is 13.6 Å². The van der Waals surface area contributed by atoms with E-state index in [0.29, 0.717) is 23.8 Å². The van der Waals surface area contributed by atoms with E-state index >= 15 is 0 Å². The quantitative estimate of drug-likeness (QED) is 0.855. The molecule has 1 aromatic heterocycles. The van der Waals surface area contributed by atoms with Gasteiger partial charge in [0, 0.05) is 31.4 Å². The molecule has 1 aliphatic rings. The number of nitrogens with one attached hydrogen (secondary N) is 1. The van der Waals surface area contributed by atoms with Crippen LogP contribution in [0.15, 0.2) is 42.6 Å². The first-order valence-corrected chi connectivity index (χ1v) is 8.89. The van der Waals surface area contributed by atoms with E-state index in [4.69, 9.17) is 0 Å². The highest BCUT2D eigenvalue weighted by Gasteiger charge is 2.21. The number of rotatable bonds is 5. The van der Waals surface area contributed by atoms with Gasteiger partial charge in [-0.1, -0.05) is 31.2 Å². The van der Waals surface area contributed by atoms with Crippen LogP contribution in [0, 0.1) is 5.92 Å². The minimum Gasteiger partial charge on any atom is -0.366 e. The van der Waals surface area contributed by atoms with E-state index in [1.54, 1.807) is 30.5 Å². The van der Waals surface area contributed by atoms with E-state index in [-0.39, 0.29) is 11.5 Å². The summed E-state index contributed by atoms with van der Waals surface area (Å²) in [5, 5.41) is 3.14.